The number of thiophene rings is 1. The number of aryl methyl sites for hydroxylation is 1. The van der Waals surface area contributed by atoms with Crippen molar-refractivity contribution in [1.82, 2.24) is 4.90 Å². The molecule has 0 unspecified atom stereocenters. The Balaban J connectivity index is 1.71. The fraction of sp³-hybridized carbons (Fsp3) is 0.227. The van der Waals surface area contributed by atoms with Gasteiger partial charge in [-0.05, 0) is 47.7 Å². The Bertz CT molecular complexity index is 905. The van der Waals surface area contributed by atoms with Crippen LogP contribution < -0.4 is 9.47 Å². The first-order valence-corrected chi connectivity index (χ1v) is 9.59. The van der Waals surface area contributed by atoms with Gasteiger partial charge in [-0.1, -0.05) is 30.3 Å². The SMILES string of the molecule is COc1cc(C(=O)N(C)Cc2sccc2C)ccc1OCc1ccccc1. The maximum atomic E-state index is 12.8. The topological polar surface area (TPSA) is 38.8 Å². The fourth-order valence-corrected chi connectivity index (χ4v) is 3.69. The molecule has 0 atom stereocenters. The van der Waals surface area contributed by atoms with Crippen molar-refractivity contribution in [1.29, 1.82) is 0 Å². The predicted octanol–water partition coefficient (Wildman–Crippen LogP) is 4.92. The van der Waals surface area contributed by atoms with Crippen molar-refractivity contribution in [2.45, 2.75) is 20.1 Å². The molecule has 1 aromatic heterocycles. The van der Waals surface area contributed by atoms with Gasteiger partial charge in [-0.25, -0.2) is 0 Å². The van der Waals surface area contributed by atoms with E-state index >= 15 is 0 Å². The second kappa shape index (κ2) is 8.73. The van der Waals surface area contributed by atoms with Crippen LogP contribution in [0.1, 0.15) is 26.4 Å². The monoisotopic (exact) mass is 381 g/mol. The van der Waals surface area contributed by atoms with E-state index in [1.54, 1.807) is 41.5 Å². The van der Waals surface area contributed by atoms with Gasteiger partial charge in [-0.2, -0.15) is 0 Å². The van der Waals surface area contributed by atoms with Crippen LogP contribution >= 0.6 is 11.3 Å². The van der Waals surface area contributed by atoms with Crippen LogP contribution in [0.4, 0.5) is 0 Å². The zero-order valence-electron chi connectivity index (χ0n) is 15.8. The molecule has 0 aliphatic carbocycles. The maximum Gasteiger partial charge on any atom is 0.254 e. The Kier molecular flexibility index (Phi) is 6.14. The predicted molar refractivity (Wildman–Crippen MR) is 109 cm³/mol. The molecule has 0 saturated heterocycles. The van der Waals surface area contributed by atoms with E-state index in [4.69, 9.17) is 9.47 Å². The molecular formula is C22H23NO3S. The third-order valence-corrected chi connectivity index (χ3v) is 5.35. The molecule has 0 N–H and O–H groups in total. The van der Waals surface area contributed by atoms with Crippen molar-refractivity contribution in [2.24, 2.45) is 0 Å². The summed E-state index contributed by atoms with van der Waals surface area (Å²) in [6.07, 6.45) is 0. The molecule has 4 nitrogen and oxygen atoms in total. The highest BCUT2D eigenvalue weighted by Gasteiger charge is 2.16. The lowest BCUT2D eigenvalue weighted by atomic mass is 10.1. The number of carbonyl (C=O) groups is 1. The van der Waals surface area contributed by atoms with Crippen molar-refractivity contribution in [3.05, 3.63) is 81.5 Å². The van der Waals surface area contributed by atoms with Crippen molar-refractivity contribution >= 4 is 17.2 Å². The van der Waals surface area contributed by atoms with Crippen LogP contribution in [0.15, 0.2) is 60.0 Å². The van der Waals surface area contributed by atoms with E-state index in [1.165, 1.54) is 10.4 Å². The van der Waals surface area contributed by atoms with Crippen molar-refractivity contribution in [3.63, 3.8) is 0 Å². The van der Waals surface area contributed by atoms with Gasteiger partial charge in [0, 0.05) is 17.5 Å². The molecule has 5 heteroatoms. The summed E-state index contributed by atoms with van der Waals surface area (Å²) in [6.45, 7) is 3.10. The first kappa shape index (κ1) is 19.0. The minimum Gasteiger partial charge on any atom is -0.493 e. The Morgan fingerprint density at radius 1 is 1.07 bits per heavy atom. The minimum atomic E-state index is -0.0456. The number of methoxy groups -OCH3 is 1. The lowest BCUT2D eigenvalue weighted by molar-refractivity contribution is 0.0786. The minimum absolute atomic E-state index is 0.0456. The second-order valence-corrected chi connectivity index (χ2v) is 7.33. The number of ether oxygens (including phenoxy) is 2. The molecule has 0 saturated carbocycles. The molecule has 1 amide bonds. The summed E-state index contributed by atoms with van der Waals surface area (Å²) in [7, 11) is 3.39. The molecule has 0 aliphatic rings. The molecule has 3 aromatic rings. The van der Waals surface area contributed by atoms with Gasteiger partial charge in [0.2, 0.25) is 0 Å². The Hall–Kier alpha value is -2.79. The number of hydrogen-bond acceptors (Lipinski definition) is 4. The number of amides is 1. The van der Waals surface area contributed by atoms with Crippen molar-refractivity contribution < 1.29 is 14.3 Å². The van der Waals surface area contributed by atoms with Crippen LogP contribution in [0.5, 0.6) is 11.5 Å². The number of rotatable bonds is 7. The molecule has 3 rings (SSSR count). The van der Waals surface area contributed by atoms with Gasteiger partial charge in [-0.3, -0.25) is 4.79 Å². The molecule has 2 aromatic carbocycles. The van der Waals surface area contributed by atoms with E-state index in [0.717, 1.165) is 5.56 Å². The van der Waals surface area contributed by atoms with Gasteiger partial charge in [0.1, 0.15) is 6.61 Å². The molecule has 0 bridgehead atoms. The maximum absolute atomic E-state index is 12.8. The molecule has 1 heterocycles. The van der Waals surface area contributed by atoms with Crippen LogP contribution in [0.2, 0.25) is 0 Å². The number of hydrogen-bond donors (Lipinski definition) is 0. The van der Waals surface area contributed by atoms with Gasteiger partial charge < -0.3 is 14.4 Å². The molecule has 0 fully saturated rings. The lowest BCUT2D eigenvalue weighted by Gasteiger charge is -2.18. The third-order valence-electron chi connectivity index (χ3n) is 4.34. The van der Waals surface area contributed by atoms with Crippen LogP contribution in [-0.2, 0) is 13.2 Å². The second-order valence-electron chi connectivity index (χ2n) is 6.33. The highest BCUT2D eigenvalue weighted by molar-refractivity contribution is 7.10. The first-order chi connectivity index (χ1) is 13.1. The van der Waals surface area contributed by atoms with Crippen molar-refractivity contribution in [3.8, 4) is 11.5 Å². The standard InChI is InChI=1S/C22H23NO3S/c1-16-11-12-27-21(16)14-23(2)22(24)18-9-10-19(20(13-18)25-3)26-15-17-7-5-4-6-8-17/h4-13H,14-15H2,1-3H3. The van der Waals surface area contributed by atoms with Crippen LogP contribution in [0.25, 0.3) is 0 Å². The van der Waals surface area contributed by atoms with Gasteiger partial charge in [-0.15, -0.1) is 11.3 Å². The summed E-state index contributed by atoms with van der Waals surface area (Å²) < 4.78 is 11.3. The molecule has 0 radical (unpaired) electrons. The zero-order valence-corrected chi connectivity index (χ0v) is 16.6. The Morgan fingerprint density at radius 2 is 1.85 bits per heavy atom. The molecule has 27 heavy (non-hydrogen) atoms. The van der Waals surface area contributed by atoms with E-state index in [9.17, 15) is 4.79 Å². The van der Waals surface area contributed by atoms with Gasteiger partial charge in [0.25, 0.3) is 5.91 Å². The quantitative estimate of drug-likeness (QED) is 0.583. The van der Waals surface area contributed by atoms with Crippen LogP contribution in [0, 0.1) is 6.92 Å². The summed E-state index contributed by atoms with van der Waals surface area (Å²) in [5.74, 6) is 1.13. The van der Waals surface area contributed by atoms with E-state index in [2.05, 4.69) is 13.0 Å². The smallest absolute Gasteiger partial charge is 0.254 e. The normalized spacial score (nSPS) is 10.5. The summed E-state index contributed by atoms with van der Waals surface area (Å²) >= 11 is 1.67. The Labute approximate surface area is 164 Å². The van der Waals surface area contributed by atoms with Gasteiger partial charge in [0.15, 0.2) is 11.5 Å². The number of benzene rings is 2. The number of carbonyl (C=O) groups excluding carboxylic acids is 1. The number of nitrogens with zero attached hydrogens (tertiary/aromatic N) is 1. The van der Waals surface area contributed by atoms with E-state index in [0.29, 0.717) is 30.2 Å². The lowest BCUT2D eigenvalue weighted by Crippen LogP contribution is -2.26. The summed E-state index contributed by atoms with van der Waals surface area (Å²) in [4.78, 5) is 15.7. The highest BCUT2D eigenvalue weighted by atomic mass is 32.1. The van der Waals surface area contributed by atoms with E-state index in [-0.39, 0.29) is 5.91 Å². The molecule has 140 valence electrons. The molecular weight excluding hydrogens is 358 g/mol. The summed E-state index contributed by atoms with van der Waals surface area (Å²) in [6, 6.07) is 17.3. The van der Waals surface area contributed by atoms with Crippen LogP contribution in [0.3, 0.4) is 0 Å². The van der Waals surface area contributed by atoms with Crippen LogP contribution in [-0.4, -0.2) is 25.0 Å². The van der Waals surface area contributed by atoms with E-state index < -0.39 is 0 Å². The average molecular weight is 381 g/mol. The summed E-state index contributed by atoms with van der Waals surface area (Å²) in [5, 5.41) is 2.05. The van der Waals surface area contributed by atoms with Gasteiger partial charge in [0.05, 0.1) is 13.7 Å². The van der Waals surface area contributed by atoms with E-state index in [1.807, 2.05) is 42.8 Å². The third kappa shape index (κ3) is 4.68. The first-order valence-electron chi connectivity index (χ1n) is 8.71. The Morgan fingerprint density at radius 3 is 2.52 bits per heavy atom. The molecule has 0 spiro atoms. The fourth-order valence-electron chi connectivity index (χ4n) is 2.73. The average Bonchev–Trinajstić information content (AvgIpc) is 3.10. The van der Waals surface area contributed by atoms with Gasteiger partial charge >= 0.3 is 0 Å². The zero-order chi connectivity index (χ0) is 19.2. The highest BCUT2D eigenvalue weighted by Crippen LogP contribution is 2.29. The van der Waals surface area contributed by atoms with Crippen molar-refractivity contribution in [2.75, 3.05) is 14.2 Å². The largest absolute Gasteiger partial charge is 0.493 e. The molecule has 0 aliphatic heterocycles. The summed E-state index contributed by atoms with van der Waals surface area (Å²) in [5.41, 5.74) is 2.86.